The number of nitrogens with zero attached hydrogens (tertiary/aromatic N) is 2. The predicted octanol–water partition coefficient (Wildman–Crippen LogP) is 2.87. The molecule has 0 saturated carbocycles. The zero-order valence-electron chi connectivity index (χ0n) is 10.5. The van der Waals surface area contributed by atoms with Crippen LogP contribution in [0.2, 0.25) is 0 Å². The summed E-state index contributed by atoms with van der Waals surface area (Å²) < 4.78 is 12.8. The molecule has 20 heavy (non-hydrogen) atoms. The first kappa shape index (κ1) is 13.9. The van der Waals surface area contributed by atoms with Crippen LogP contribution in [0.15, 0.2) is 24.3 Å². The number of nitriles is 2. The minimum Gasteiger partial charge on any atom is -0.396 e. The summed E-state index contributed by atoms with van der Waals surface area (Å²) in [5.74, 6) is -0.266. The Hall–Kier alpha value is -2.57. The van der Waals surface area contributed by atoms with Crippen molar-refractivity contribution in [3.05, 3.63) is 46.1 Å². The largest absolute Gasteiger partial charge is 0.396 e. The maximum atomic E-state index is 12.8. The SMILES string of the molecule is N#Cc1sc(NCCc2ccc(F)cc2)c(C#N)c1N. The van der Waals surface area contributed by atoms with Crippen LogP contribution in [0, 0.1) is 28.5 Å². The molecule has 4 nitrogen and oxygen atoms in total. The molecule has 3 N–H and O–H groups in total. The van der Waals surface area contributed by atoms with Crippen LogP contribution in [0.1, 0.15) is 16.0 Å². The topological polar surface area (TPSA) is 85.6 Å². The molecule has 0 unspecified atom stereocenters. The molecule has 0 radical (unpaired) electrons. The lowest BCUT2D eigenvalue weighted by molar-refractivity contribution is 0.627. The van der Waals surface area contributed by atoms with Crippen LogP contribution in [-0.2, 0) is 6.42 Å². The van der Waals surface area contributed by atoms with Crippen LogP contribution in [-0.4, -0.2) is 6.54 Å². The molecule has 0 aliphatic heterocycles. The zero-order valence-corrected chi connectivity index (χ0v) is 11.3. The first-order chi connectivity index (χ1) is 9.65. The molecule has 2 rings (SSSR count). The number of anilines is 2. The molecule has 0 atom stereocenters. The van der Waals surface area contributed by atoms with Crippen molar-refractivity contribution >= 4 is 22.0 Å². The fourth-order valence-electron chi connectivity index (χ4n) is 1.73. The Morgan fingerprint density at radius 2 is 1.90 bits per heavy atom. The Balaban J connectivity index is 2.03. The number of nitrogens with two attached hydrogens (primary N) is 1. The number of nitrogen functional groups attached to an aromatic ring is 1. The first-order valence-corrected chi connectivity index (χ1v) is 6.68. The van der Waals surface area contributed by atoms with Crippen molar-refractivity contribution in [1.82, 2.24) is 0 Å². The number of benzene rings is 1. The van der Waals surface area contributed by atoms with Gasteiger partial charge in [0.15, 0.2) is 0 Å². The molecule has 0 aliphatic carbocycles. The second kappa shape index (κ2) is 6.05. The van der Waals surface area contributed by atoms with Crippen LogP contribution in [0.3, 0.4) is 0 Å². The second-order valence-corrected chi connectivity index (χ2v) is 5.10. The maximum absolute atomic E-state index is 12.8. The third kappa shape index (κ3) is 2.87. The molecule has 0 spiro atoms. The van der Waals surface area contributed by atoms with Gasteiger partial charge in [-0.2, -0.15) is 10.5 Å². The molecule has 1 heterocycles. The molecule has 0 saturated heterocycles. The Bertz CT molecular complexity index is 692. The Kier molecular flexibility index (Phi) is 4.19. The van der Waals surface area contributed by atoms with Gasteiger partial charge in [0.2, 0.25) is 0 Å². The molecule has 100 valence electrons. The van der Waals surface area contributed by atoms with Crippen LogP contribution in [0.25, 0.3) is 0 Å². The molecular weight excluding hydrogens is 275 g/mol. The van der Waals surface area contributed by atoms with E-state index in [0.29, 0.717) is 28.4 Å². The van der Waals surface area contributed by atoms with E-state index in [4.69, 9.17) is 16.3 Å². The summed E-state index contributed by atoms with van der Waals surface area (Å²) in [4.78, 5) is 0.339. The fraction of sp³-hybridized carbons (Fsp3) is 0.143. The minimum atomic E-state index is -0.266. The van der Waals surface area contributed by atoms with E-state index in [1.54, 1.807) is 12.1 Å². The molecular formula is C14H11FN4S. The molecule has 0 aliphatic rings. The van der Waals surface area contributed by atoms with Gasteiger partial charge in [0.25, 0.3) is 0 Å². The number of thiophene rings is 1. The van der Waals surface area contributed by atoms with Crippen molar-refractivity contribution in [2.24, 2.45) is 0 Å². The second-order valence-electron chi connectivity index (χ2n) is 4.08. The van der Waals surface area contributed by atoms with Gasteiger partial charge in [-0.15, -0.1) is 11.3 Å². The molecule has 0 fully saturated rings. The molecule has 2 aromatic rings. The fourth-order valence-corrected chi connectivity index (χ4v) is 2.63. The van der Waals surface area contributed by atoms with E-state index in [1.807, 2.05) is 12.1 Å². The quantitative estimate of drug-likeness (QED) is 0.905. The smallest absolute Gasteiger partial charge is 0.131 e. The van der Waals surface area contributed by atoms with E-state index in [2.05, 4.69) is 5.32 Å². The van der Waals surface area contributed by atoms with E-state index < -0.39 is 0 Å². The molecule has 0 amide bonds. The summed E-state index contributed by atoms with van der Waals surface area (Å²) in [6.07, 6.45) is 0.685. The van der Waals surface area contributed by atoms with Gasteiger partial charge in [0, 0.05) is 6.54 Å². The minimum absolute atomic E-state index is 0.226. The highest BCUT2D eigenvalue weighted by Crippen LogP contribution is 2.34. The Morgan fingerprint density at radius 1 is 1.20 bits per heavy atom. The predicted molar refractivity (Wildman–Crippen MR) is 76.8 cm³/mol. The molecule has 1 aromatic heterocycles. The number of halogens is 1. The molecule has 6 heteroatoms. The average molecular weight is 286 g/mol. The van der Waals surface area contributed by atoms with Gasteiger partial charge in [0.05, 0.1) is 5.69 Å². The number of nitrogens with one attached hydrogen (secondary N) is 1. The van der Waals surface area contributed by atoms with Crippen LogP contribution < -0.4 is 11.1 Å². The summed E-state index contributed by atoms with van der Waals surface area (Å²) in [5, 5.41) is 21.6. The van der Waals surface area contributed by atoms with Crippen LogP contribution in [0.5, 0.6) is 0 Å². The van der Waals surface area contributed by atoms with E-state index in [-0.39, 0.29) is 11.5 Å². The summed E-state index contributed by atoms with van der Waals surface area (Å²) in [6.45, 7) is 0.575. The van der Waals surface area contributed by atoms with Crippen molar-refractivity contribution in [3.8, 4) is 12.1 Å². The first-order valence-electron chi connectivity index (χ1n) is 5.86. The van der Waals surface area contributed by atoms with Gasteiger partial charge in [-0.05, 0) is 24.1 Å². The van der Waals surface area contributed by atoms with E-state index in [1.165, 1.54) is 23.5 Å². The Morgan fingerprint density at radius 3 is 2.50 bits per heavy atom. The lowest BCUT2D eigenvalue weighted by atomic mass is 10.1. The number of hydrogen-bond acceptors (Lipinski definition) is 5. The Labute approximate surface area is 119 Å². The molecule has 1 aromatic carbocycles. The average Bonchev–Trinajstić information content (AvgIpc) is 2.76. The van der Waals surface area contributed by atoms with Gasteiger partial charge in [-0.1, -0.05) is 12.1 Å². The van der Waals surface area contributed by atoms with Crippen molar-refractivity contribution < 1.29 is 4.39 Å². The highest BCUT2D eigenvalue weighted by molar-refractivity contribution is 7.17. The highest BCUT2D eigenvalue weighted by atomic mass is 32.1. The van der Waals surface area contributed by atoms with Gasteiger partial charge < -0.3 is 11.1 Å². The standard InChI is InChI=1S/C14H11FN4S/c15-10-3-1-9(2-4-10)5-6-19-14-11(7-16)13(18)12(8-17)20-14/h1-4,19H,5-6,18H2. The van der Waals surface area contributed by atoms with E-state index >= 15 is 0 Å². The number of hydrogen-bond donors (Lipinski definition) is 2. The number of rotatable bonds is 4. The maximum Gasteiger partial charge on any atom is 0.131 e. The summed E-state index contributed by atoms with van der Waals surface area (Å²) >= 11 is 1.17. The third-order valence-corrected chi connectivity index (χ3v) is 3.84. The van der Waals surface area contributed by atoms with Crippen molar-refractivity contribution in [3.63, 3.8) is 0 Å². The van der Waals surface area contributed by atoms with Gasteiger partial charge >= 0.3 is 0 Å². The summed E-state index contributed by atoms with van der Waals surface area (Å²) in [5.41, 5.74) is 7.23. The van der Waals surface area contributed by atoms with Gasteiger partial charge in [-0.3, -0.25) is 0 Å². The zero-order chi connectivity index (χ0) is 14.5. The summed E-state index contributed by atoms with van der Waals surface area (Å²) in [6, 6.07) is 10.2. The highest BCUT2D eigenvalue weighted by Gasteiger charge is 2.15. The van der Waals surface area contributed by atoms with Crippen molar-refractivity contribution in [2.75, 3.05) is 17.6 Å². The summed E-state index contributed by atoms with van der Waals surface area (Å²) in [7, 11) is 0. The van der Waals surface area contributed by atoms with Crippen molar-refractivity contribution in [1.29, 1.82) is 10.5 Å². The van der Waals surface area contributed by atoms with Gasteiger partial charge in [0.1, 0.15) is 33.4 Å². The third-order valence-electron chi connectivity index (χ3n) is 2.77. The van der Waals surface area contributed by atoms with Crippen molar-refractivity contribution in [2.45, 2.75) is 6.42 Å². The monoisotopic (exact) mass is 286 g/mol. The van der Waals surface area contributed by atoms with Crippen LogP contribution in [0.4, 0.5) is 15.1 Å². The van der Waals surface area contributed by atoms with E-state index in [9.17, 15) is 4.39 Å². The van der Waals surface area contributed by atoms with E-state index in [0.717, 1.165) is 5.56 Å². The normalized spacial score (nSPS) is 9.75. The lowest BCUT2D eigenvalue weighted by Gasteiger charge is -2.04. The van der Waals surface area contributed by atoms with Gasteiger partial charge in [-0.25, -0.2) is 4.39 Å². The molecule has 0 bridgehead atoms. The van der Waals surface area contributed by atoms with Crippen LogP contribution >= 0.6 is 11.3 Å². The lowest BCUT2D eigenvalue weighted by Crippen LogP contribution is -2.04.